The van der Waals surface area contributed by atoms with E-state index in [1.54, 1.807) is 24.3 Å². The Bertz CT molecular complexity index is 1680. The first-order valence-electron chi connectivity index (χ1n) is 11.6. The summed E-state index contributed by atoms with van der Waals surface area (Å²) in [6, 6.07) is 13.4. The van der Waals surface area contributed by atoms with Crippen molar-refractivity contribution in [1.82, 2.24) is 9.66 Å². The maximum Gasteiger partial charge on any atom is 0.312 e. The van der Waals surface area contributed by atoms with Gasteiger partial charge in [0.1, 0.15) is 11.6 Å². The van der Waals surface area contributed by atoms with Crippen molar-refractivity contribution in [1.29, 1.82) is 0 Å². The Kier molecular flexibility index (Phi) is 8.82. The van der Waals surface area contributed by atoms with Crippen molar-refractivity contribution in [2.75, 3.05) is 11.9 Å². The number of halogens is 3. The number of nitrogens with zero attached hydrogens (tertiary/aromatic N) is 4. The van der Waals surface area contributed by atoms with Gasteiger partial charge in [-0.15, -0.1) is 0 Å². The smallest absolute Gasteiger partial charge is 0.312 e. The number of ether oxygens (including phenoxy) is 1. The molecule has 13 heteroatoms. The van der Waals surface area contributed by atoms with E-state index in [0.717, 1.165) is 4.68 Å². The van der Waals surface area contributed by atoms with Crippen molar-refractivity contribution in [2.45, 2.75) is 19.8 Å². The zero-order chi connectivity index (χ0) is 28.1. The summed E-state index contributed by atoms with van der Waals surface area (Å²) in [5.41, 5.74) is -0.278. The summed E-state index contributed by atoms with van der Waals surface area (Å²) in [4.78, 5) is 41.4. The highest BCUT2D eigenvalue weighted by Gasteiger charge is 2.22. The van der Waals surface area contributed by atoms with Gasteiger partial charge in [-0.3, -0.25) is 19.7 Å². The Balaban J connectivity index is 1.72. The van der Waals surface area contributed by atoms with Gasteiger partial charge in [0, 0.05) is 27.0 Å². The van der Waals surface area contributed by atoms with Crippen LogP contribution >= 0.6 is 31.9 Å². The van der Waals surface area contributed by atoms with Crippen LogP contribution in [0.25, 0.3) is 10.9 Å². The zero-order valence-electron chi connectivity index (χ0n) is 20.4. The number of aryl methyl sites for hydroxylation is 1. The average molecular weight is 661 g/mol. The van der Waals surface area contributed by atoms with Crippen molar-refractivity contribution in [2.24, 2.45) is 5.10 Å². The molecule has 0 atom stereocenters. The van der Waals surface area contributed by atoms with Crippen LogP contribution in [0.4, 0.5) is 15.8 Å². The second-order valence-corrected chi connectivity index (χ2v) is 10.0. The normalized spacial score (nSPS) is 11.2. The van der Waals surface area contributed by atoms with Gasteiger partial charge < -0.3 is 10.1 Å². The number of carbonyl (C=O) groups excluding carboxylic acids is 1. The molecule has 1 heterocycles. The lowest BCUT2D eigenvalue weighted by Crippen LogP contribution is -2.23. The summed E-state index contributed by atoms with van der Waals surface area (Å²) in [7, 11) is 0. The number of nitrogens with one attached hydrogen (secondary N) is 1. The predicted molar refractivity (Wildman–Crippen MR) is 152 cm³/mol. The summed E-state index contributed by atoms with van der Waals surface area (Å²) >= 11 is 6.59. The predicted octanol–water partition coefficient (Wildman–Crippen LogP) is 5.82. The number of amides is 1. The molecular weight excluding hydrogens is 641 g/mol. The topological polar surface area (TPSA) is 129 Å². The van der Waals surface area contributed by atoms with E-state index in [-0.39, 0.29) is 17.0 Å². The second-order valence-electron chi connectivity index (χ2n) is 8.22. The molecule has 0 radical (unpaired) electrons. The van der Waals surface area contributed by atoms with E-state index in [9.17, 15) is 24.1 Å². The van der Waals surface area contributed by atoms with Crippen molar-refractivity contribution < 1.29 is 18.8 Å². The molecule has 0 fully saturated rings. The third-order valence-electron chi connectivity index (χ3n) is 5.42. The monoisotopic (exact) mass is 659 g/mol. The fourth-order valence-electron chi connectivity index (χ4n) is 3.69. The Morgan fingerprint density at radius 1 is 1.21 bits per heavy atom. The van der Waals surface area contributed by atoms with E-state index < -0.39 is 34.5 Å². The van der Waals surface area contributed by atoms with Crippen LogP contribution < -0.4 is 15.6 Å². The number of para-hydroxylation sites is 1. The first-order valence-corrected chi connectivity index (χ1v) is 13.2. The lowest BCUT2D eigenvalue weighted by molar-refractivity contribution is -0.385. The van der Waals surface area contributed by atoms with Gasteiger partial charge in [-0.05, 0) is 42.8 Å². The molecule has 4 aromatic rings. The third-order valence-corrected chi connectivity index (χ3v) is 6.37. The minimum atomic E-state index is -0.731. The highest BCUT2D eigenvalue weighted by atomic mass is 79.9. The molecule has 1 aromatic heterocycles. The van der Waals surface area contributed by atoms with Crippen LogP contribution in [-0.2, 0) is 11.2 Å². The van der Waals surface area contributed by atoms with Gasteiger partial charge in [-0.25, -0.2) is 9.37 Å². The molecule has 0 saturated heterocycles. The van der Waals surface area contributed by atoms with Crippen molar-refractivity contribution in [3.63, 3.8) is 0 Å². The van der Waals surface area contributed by atoms with Gasteiger partial charge in [0.25, 0.3) is 11.5 Å². The second kappa shape index (κ2) is 12.3. The lowest BCUT2D eigenvalue weighted by atomic mass is 10.2. The SMILES string of the molecule is CCCc1nc2ccc(Br)cc2c(=O)n1N=Cc1cc(Br)cc([N+](=O)[O-])c1OCC(=O)Nc1ccccc1F. The first-order chi connectivity index (χ1) is 18.7. The Morgan fingerprint density at radius 2 is 1.97 bits per heavy atom. The van der Waals surface area contributed by atoms with Gasteiger partial charge in [-0.1, -0.05) is 50.9 Å². The van der Waals surface area contributed by atoms with Crippen LogP contribution in [0, 0.1) is 15.9 Å². The Hall–Kier alpha value is -3.97. The van der Waals surface area contributed by atoms with Gasteiger partial charge in [-0.2, -0.15) is 9.78 Å². The number of rotatable bonds is 9. The molecule has 10 nitrogen and oxygen atoms in total. The van der Waals surface area contributed by atoms with Crippen molar-refractivity contribution in [3.8, 4) is 5.75 Å². The van der Waals surface area contributed by atoms with E-state index in [2.05, 4.69) is 47.3 Å². The van der Waals surface area contributed by atoms with Crippen LogP contribution in [0.15, 0.2) is 73.4 Å². The molecule has 39 heavy (non-hydrogen) atoms. The lowest BCUT2D eigenvalue weighted by Gasteiger charge is -2.12. The molecule has 3 aromatic carbocycles. The number of nitro benzene ring substituents is 1. The molecule has 200 valence electrons. The van der Waals surface area contributed by atoms with Crippen LogP contribution in [0.1, 0.15) is 24.7 Å². The number of benzene rings is 3. The van der Waals surface area contributed by atoms with E-state index in [1.165, 1.54) is 36.5 Å². The fraction of sp³-hybridized carbons (Fsp3) is 0.154. The maximum absolute atomic E-state index is 13.9. The van der Waals surface area contributed by atoms with Gasteiger partial charge in [0.05, 0.1) is 27.7 Å². The highest BCUT2D eigenvalue weighted by Crippen LogP contribution is 2.34. The van der Waals surface area contributed by atoms with Crippen LogP contribution in [0.2, 0.25) is 0 Å². The van der Waals surface area contributed by atoms with E-state index in [4.69, 9.17) is 4.74 Å². The minimum Gasteiger partial charge on any atom is -0.476 e. The van der Waals surface area contributed by atoms with Gasteiger partial charge in [0.2, 0.25) is 5.75 Å². The van der Waals surface area contributed by atoms with E-state index >= 15 is 0 Å². The maximum atomic E-state index is 13.9. The molecule has 1 N–H and O–H groups in total. The number of aromatic nitrogens is 2. The fourth-order valence-corrected chi connectivity index (χ4v) is 4.52. The zero-order valence-corrected chi connectivity index (χ0v) is 23.5. The van der Waals surface area contributed by atoms with Crippen LogP contribution in [-0.4, -0.2) is 33.3 Å². The number of hydrogen-bond donors (Lipinski definition) is 1. The summed E-state index contributed by atoms with van der Waals surface area (Å²) in [6.07, 6.45) is 2.38. The number of carbonyl (C=O) groups is 1. The average Bonchev–Trinajstić information content (AvgIpc) is 2.89. The Labute approximate surface area is 237 Å². The molecule has 0 bridgehead atoms. The number of anilines is 1. The highest BCUT2D eigenvalue weighted by molar-refractivity contribution is 9.10. The minimum absolute atomic E-state index is 0.0588. The number of nitro groups is 1. The molecule has 0 unspecified atom stereocenters. The van der Waals surface area contributed by atoms with Crippen LogP contribution in [0.5, 0.6) is 5.75 Å². The molecule has 0 aliphatic heterocycles. The summed E-state index contributed by atoms with van der Waals surface area (Å²) in [5.74, 6) is -1.22. The van der Waals surface area contributed by atoms with E-state index in [1.807, 2.05) is 6.92 Å². The number of fused-ring (bicyclic) bond motifs is 1. The largest absolute Gasteiger partial charge is 0.476 e. The Morgan fingerprint density at radius 3 is 2.69 bits per heavy atom. The molecule has 0 aliphatic carbocycles. The van der Waals surface area contributed by atoms with Crippen molar-refractivity contribution >= 4 is 66.3 Å². The third kappa shape index (κ3) is 6.55. The summed E-state index contributed by atoms with van der Waals surface area (Å²) < 4.78 is 21.6. The molecular formula is C26H20Br2FN5O5. The number of hydrogen-bond acceptors (Lipinski definition) is 7. The summed E-state index contributed by atoms with van der Waals surface area (Å²) in [5, 5.41) is 18.8. The molecule has 4 rings (SSSR count). The van der Waals surface area contributed by atoms with Gasteiger partial charge >= 0.3 is 5.69 Å². The van der Waals surface area contributed by atoms with E-state index in [0.29, 0.717) is 38.5 Å². The standard InChI is InChI=1S/C26H20Br2FN5O5/c1-2-5-23-31-20-9-8-16(27)11-18(20)26(36)33(23)30-13-15-10-17(28)12-22(34(37)38)25(15)39-14-24(35)32-21-7-4-3-6-19(21)29/h3-4,6-13H,2,5,14H2,1H3,(H,32,35). The quantitative estimate of drug-likeness (QED) is 0.137. The molecule has 0 saturated carbocycles. The van der Waals surface area contributed by atoms with Crippen molar-refractivity contribution in [3.05, 3.63) is 101 Å². The summed E-state index contributed by atoms with van der Waals surface area (Å²) in [6.45, 7) is 1.28. The molecule has 0 spiro atoms. The first kappa shape index (κ1) is 28.0. The van der Waals surface area contributed by atoms with Gasteiger partial charge in [0.15, 0.2) is 6.61 Å². The molecule has 0 aliphatic rings. The van der Waals surface area contributed by atoms with Crippen LogP contribution in [0.3, 0.4) is 0 Å². The molecule has 1 amide bonds.